The summed E-state index contributed by atoms with van der Waals surface area (Å²) in [5.74, 6) is -0.849. The van der Waals surface area contributed by atoms with Gasteiger partial charge in [0.15, 0.2) is 0 Å². The van der Waals surface area contributed by atoms with Crippen LogP contribution in [0.1, 0.15) is 24.2 Å². The fourth-order valence-electron chi connectivity index (χ4n) is 1.15. The number of hydrogen-bond acceptors (Lipinski definition) is 3. The molecule has 1 aromatic carbocycles. The minimum Gasteiger partial charge on any atom is -0.478 e. The zero-order valence-corrected chi connectivity index (χ0v) is 11.0. The Balaban J connectivity index is 2.69. The van der Waals surface area contributed by atoms with Gasteiger partial charge in [0.1, 0.15) is 0 Å². The number of aromatic carboxylic acids is 1. The predicted octanol–water partition coefficient (Wildman–Crippen LogP) is 1.29. The Morgan fingerprint density at radius 3 is 2.28 bits per heavy atom. The van der Waals surface area contributed by atoms with Gasteiger partial charge in [-0.1, -0.05) is 13.8 Å². The molecule has 0 fully saturated rings. The molecule has 0 atom stereocenters. The van der Waals surface area contributed by atoms with Crippen LogP contribution in [0, 0.1) is 5.92 Å². The van der Waals surface area contributed by atoms with Crippen LogP contribution in [-0.4, -0.2) is 26.0 Å². The highest BCUT2D eigenvalue weighted by Gasteiger charge is 2.10. The molecule has 1 aromatic rings. The summed E-state index contributed by atoms with van der Waals surface area (Å²) in [5.41, 5.74) is 0.421. The lowest BCUT2D eigenvalue weighted by atomic mass is 10.2. The number of hydrogen-bond donors (Lipinski definition) is 3. The number of benzene rings is 1. The predicted molar refractivity (Wildman–Crippen MR) is 68.8 cm³/mol. The smallest absolute Gasteiger partial charge is 0.335 e. The third-order valence-electron chi connectivity index (χ3n) is 2.07. The molecule has 1 rings (SSSR count). The van der Waals surface area contributed by atoms with E-state index >= 15 is 0 Å². The molecule has 100 valence electrons. The van der Waals surface area contributed by atoms with Gasteiger partial charge in [-0.2, -0.15) is 13.1 Å². The van der Waals surface area contributed by atoms with Crippen molar-refractivity contribution in [2.24, 2.45) is 5.92 Å². The van der Waals surface area contributed by atoms with E-state index in [4.69, 9.17) is 5.11 Å². The standard InChI is InChI=1S/C11H16N2O4S/c1-8(2)7-12-18(16,17)13-10-5-3-9(4-6-10)11(14)15/h3-6,8,12-13H,7H2,1-2H3,(H,14,15). The van der Waals surface area contributed by atoms with Crippen LogP contribution in [0.4, 0.5) is 5.69 Å². The molecule has 0 saturated carbocycles. The summed E-state index contributed by atoms with van der Waals surface area (Å²) in [6.07, 6.45) is 0. The van der Waals surface area contributed by atoms with Crippen molar-refractivity contribution in [2.45, 2.75) is 13.8 Å². The first-order valence-electron chi connectivity index (χ1n) is 5.41. The van der Waals surface area contributed by atoms with E-state index in [0.29, 0.717) is 12.2 Å². The molecule has 0 radical (unpaired) electrons. The summed E-state index contributed by atoms with van der Waals surface area (Å²) in [6.45, 7) is 4.12. The molecule has 0 aliphatic heterocycles. The number of rotatable bonds is 6. The molecule has 0 heterocycles. The first-order chi connectivity index (χ1) is 8.30. The second-order valence-corrected chi connectivity index (χ2v) is 5.73. The lowest BCUT2D eigenvalue weighted by Gasteiger charge is -2.10. The molecule has 0 bridgehead atoms. The van der Waals surface area contributed by atoms with Gasteiger partial charge in [0, 0.05) is 12.2 Å². The van der Waals surface area contributed by atoms with Crippen molar-refractivity contribution in [3.05, 3.63) is 29.8 Å². The van der Waals surface area contributed by atoms with Crippen molar-refractivity contribution in [2.75, 3.05) is 11.3 Å². The highest BCUT2D eigenvalue weighted by atomic mass is 32.2. The summed E-state index contributed by atoms with van der Waals surface area (Å²) in [6, 6.07) is 5.47. The van der Waals surface area contributed by atoms with E-state index in [0.717, 1.165) is 0 Å². The minimum atomic E-state index is -3.61. The first-order valence-corrected chi connectivity index (χ1v) is 6.89. The maximum Gasteiger partial charge on any atom is 0.335 e. The van der Waals surface area contributed by atoms with Gasteiger partial charge in [-0.3, -0.25) is 4.72 Å². The maximum absolute atomic E-state index is 11.6. The zero-order valence-electron chi connectivity index (χ0n) is 10.2. The van der Waals surface area contributed by atoms with Gasteiger partial charge >= 0.3 is 5.97 Å². The molecule has 0 unspecified atom stereocenters. The summed E-state index contributed by atoms with van der Waals surface area (Å²) in [4.78, 5) is 10.6. The van der Waals surface area contributed by atoms with Crippen molar-refractivity contribution in [1.29, 1.82) is 0 Å². The average Bonchev–Trinajstić information content (AvgIpc) is 2.27. The van der Waals surface area contributed by atoms with Crippen LogP contribution < -0.4 is 9.44 Å². The SMILES string of the molecule is CC(C)CNS(=O)(=O)Nc1ccc(C(=O)O)cc1. The Bertz CT molecular complexity index is 508. The molecular formula is C11H16N2O4S. The van der Waals surface area contributed by atoms with Crippen LogP contribution in [0.3, 0.4) is 0 Å². The van der Waals surface area contributed by atoms with Crippen LogP contribution in [0.15, 0.2) is 24.3 Å². The quantitative estimate of drug-likeness (QED) is 0.727. The van der Waals surface area contributed by atoms with Crippen LogP contribution in [0.5, 0.6) is 0 Å². The topological polar surface area (TPSA) is 95.5 Å². The number of carboxylic acid groups (broad SMARTS) is 1. The molecule has 0 amide bonds. The molecule has 0 aliphatic carbocycles. The molecule has 0 spiro atoms. The average molecular weight is 272 g/mol. The van der Waals surface area contributed by atoms with Crippen molar-refractivity contribution < 1.29 is 18.3 Å². The second kappa shape index (κ2) is 5.83. The van der Waals surface area contributed by atoms with Gasteiger partial charge < -0.3 is 5.11 Å². The highest BCUT2D eigenvalue weighted by molar-refractivity contribution is 7.90. The Morgan fingerprint density at radius 2 is 1.83 bits per heavy atom. The number of carbonyl (C=O) groups is 1. The first kappa shape index (κ1) is 14.5. The number of anilines is 1. The lowest BCUT2D eigenvalue weighted by Crippen LogP contribution is -2.32. The largest absolute Gasteiger partial charge is 0.478 e. The molecule has 6 nitrogen and oxygen atoms in total. The highest BCUT2D eigenvalue weighted by Crippen LogP contribution is 2.10. The maximum atomic E-state index is 11.6. The molecular weight excluding hydrogens is 256 g/mol. The van der Waals surface area contributed by atoms with Crippen LogP contribution >= 0.6 is 0 Å². The third kappa shape index (κ3) is 4.72. The fourth-order valence-corrected chi connectivity index (χ4v) is 2.22. The second-order valence-electron chi connectivity index (χ2n) is 4.23. The molecule has 18 heavy (non-hydrogen) atoms. The Labute approximate surface area is 106 Å². The normalized spacial score (nSPS) is 11.5. The molecule has 0 aromatic heterocycles. The van der Waals surface area contributed by atoms with Gasteiger partial charge in [0.25, 0.3) is 10.2 Å². The monoisotopic (exact) mass is 272 g/mol. The lowest BCUT2D eigenvalue weighted by molar-refractivity contribution is 0.0697. The van der Waals surface area contributed by atoms with E-state index in [1.165, 1.54) is 24.3 Å². The van der Waals surface area contributed by atoms with Crippen LogP contribution in [-0.2, 0) is 10.2 Å². The van der Waals surface area contributed by atoms with Gasteiger partial charge in [-0.05, 0) is 30.2 Å². The Morgan fingerprint density at radius 1 is 1.28 bits per heavy atom. The molecule has 0 saturated heterocycles. The summed E-state index contributed by atoms with van der Waals surface area (Å²) in [7, 11) is -3.61. The van der Waals surface area contributed by atoms with Gasteiger partial charge in [-0.25, -0.2) is 4.79 Å². The molecule has 3 N–H and O–H groups in total. The Hall–Kier alpha value is -1.60. The van der Waals surface area contributed by atoms with E-state index in [1.54, 1.807) is 0 Å². The fraction of sp³-hybridized carbons (Fsp3) is 0.364. The van der Waals surface area contributed by atoms with Gasteiger partial charge in [0.05, 0.1) is 5.56 Å². The van der Waals surface area contributed by atoms with Crippen molar-refractivity contribution >= 4 is 21.9 Å². The van der Waals surface area contributed by atoms with Crippen LogP contribution in [0.2, 0.25) is 0 Å². The van der Waals surface area contributed by atoms with E-state index in [1.807, 2.05) is 13.8 Å². The zero-order chi connectivity index (χ0) is 13.8. The van der Waals surface area contributed by atoms with Gasteiger partial charge in [0.2, 0.25) is 0 Å². The van der Waals surface area contributed by atoms with Crippen LogP contribution in [0.25, 0.3) is 0 Å². The van der Waals surface area contributed by atoms with E-state index in [2.05, 4.69) is 9.44 Å². The van der Waals surface area contributed by atoms with Crippen molar-refractivity contribution in [3.63, 3.8) is 0 Å². The summed E-state index contributed by atoms with van der Waals surface area (Å²) < 4.78 is 27.9. The van der Waals surface area contributed by atoms with E-state index in [9.17, 15) is 13.2 Å². The van der Waals surface area contributed by atoms with Gasteiger partial charge in [-0.15, -0.1) is 0 Å². The Kier molecular flexibility index (Phi) is 4.69. The van der Waals surface area contributed by atoms with Crippen molar-refractivity contribution in [3.8, 4) is 0 Å². The third-order valence-corrected chi connectivity index (χ3v) is 3.12. The molecule has 7 heteroatoms. The van der Waals surface area contributed by atoms with Crippen molar-refractivity contribution in [1.82, 2.24) is 4.72 Å². The summed E-state index contributed by atoms with van der Waals surface area (Å²) in [5, 5.41) is 8.70. The van der Waals surface area contributed by atoms with E-state index in [-0.39, 0.29) is 11.5 Å². The number of carboxylic acids is 1. The molecule has 0 aliphatic rings. The minimum absolute atomic E-state index is 0.105. The van der Waals surface area contributed by atoms with E-state index < -0.39 is 16.2 Å². The summed E-state index contributed by atoms with van der Waals surface area (Å²) >= 11 is 0. The number of nitrogens with one attached hydrogen (secondary N) is 2.